The number of benzene rings is 1. The Morgan fingerprint density at radius 2 is 1.94 bits per heavy atom. The van der Waals surface area contributed by atoms with Gasteiger partial charge in [0.2, 0.25) is 10.3 Å². The van der Waals surface area contributed by atoms with E-state index < -0.39 is 22.3 Å². The molecule has 0 radical (unpaired) electrons. The first-order valence-electron chi connectivity index (χ1n) is 4.95. The Hall–Kier alpha value is -2.66. The maximum atomic E-state index is 10.9. The summed E-state index contributed by atoms with van der Waals surface area (Å²) in [6.45, 7) is 1.94. The summed E-state index contributed by atoms with van der Waals surface area (Å²) in [6.07, 6.45) is 0.226. The van der Waals surface area contributed by atoms with Crippen molar-refractivity contribution in [2.45, 2.75) is 19.4 Å². The van der Waals surface area contributed by atoms with Crippen LogP contribution in [-0.4, -0.2) is 31.0 Å². The van der Waals surface area contributed by atoms with Crippen LogP contribution in [0.3, 0.4) is 0 Å². The Labute approximate surface area is 101 Å². The van der Waals surface area contributed by atoms with Gasteiger partial charge in [0.1, 0.15) is 11.5 Å². The van der Waals surface area contributed by atoms with E-state index in [0.29, 0.717) is 0 Å². The normalized spacial score (nSPS) is 11.2. The first-order chi connectivity index (χ1) is 7.99. The van der Waals surface area contributed by atoms with Gasteiger partial charge in [0.25, 0.3) is 0 Å². The fourth-order valence-electron chi connectivity index (χ4n) is 1.32. The Morgan fingerprint density at radius 1 is 1.39 bits per heavy atom. The topological polar surface area (TPSA) is 83.5 Å². The molecule has 2 N–H and O–H groups in total. The predicted molar refractivity (Wildman–Crippen MR) is 64.4 cm³/mol. The maximum absolute atomic E-state index is 10.9. The van der Waals surface area contributed by atoms with Gasteiger partial charge in [-0.2, -0.15) is 8.42 Å². The molecule has 0 heterocycles. The Kier molecular flexibility index (Phi) is 5.81. The van der Waals surface area contributed by atoms with Crippen LogP contribution in [0.25, 0.3) is 0 Å². The van der Waals surface area contributed by atoms with E-state index in [4.69, 9.17) is 5.11 Å². The molecule has 0 saturated heterocycles. The SMILES string of the molecule is Cc1ccc(CC(NC=S(=O)=O)C(=O)O)cc1.[Rf]. The minimum Gasteiger partial charge on any atom is -0.480 e. The molecule has 1 rings (SSSR count). The third kappa shape index (κ3) is 4.91. The molecule has 1 atom stereocenters. The molecule has 0 fully saturated rings. The summed E-state index contributed by atoms with van der Waals surface area (Å²) in [7, 11) is -2.41. The molecule has 7 heteroatoms. The number of rotatable bonds is 5. The van der Waals surface area contributed by atoms with Crippen molar-refractivity contribution in [2.75, 3.05) is 0 Å². The van der Waals surface area contributed by atoms with E-state index in [2.05, 4.69) is 5.32 Å². The average molecular weight is 522 g/mol. The van der Waals surface area contributed by atoms with E-state index in [1.165, 1.54) is 0 Å². The Bertz CT molecular complexity index is 516. The number of aliphatic carboxylic acids is 1. The largest absolute Gasteiger partial charge is 0.480 e. The van der Waals surface area contributed by atoms with Crippen LogP contribution in [0.4, 0.5) is 0 Å². The van der Waals surface area contributed by atoms with E-state index in [-0.39, 0.29) is 6.42 Å². The van der Waals surface area contributed by atoms with Crippen molar-refractivity contribution in [3.05, 3.63) is 35.4 Å². The van der Waals surface area contributed by atoms with Gasteiger partial charge in [0.15, 0.2) is 0 Å². The van der Waals surface area contributed by atoms with Crippen LogP contribution in [0.2, 0.25) is 0 Å². The number of carboxylic acids is 1. The summed E-state index contributed by atoms with van der Waals surface area (Å²) in [5.41, 5.74) is 2.66. The molecule has 18 heavy (non-hydrogen) atoms. The molecule has 0 bridgehead atoms. The third-order valence-corrected chi connectivity index (χ3v) is 2.55. The van der Waals surface area contributed by atoms with Crippen molar-refractivity contribution >= 4 is 21.8 Å². The molecule has 1 aromatic carbocycles. The van der Waals surface area contributed by atoms with Crippen LogP contribution in [-0.2, 0) is 21.5 Å². The van der Waals surface area contributed by atoms with E-state index in [0.717, 1.165) is 16.6 Å². The summed E-state index contributed by atoms with van der Waals surface area (Å²) in [5.74, 6) is -1.09. The number of hydrogen-bond donors (Lipinski definition) is 2. The predicted octanol–water partition coefficient (Wildman–Crippen LogP) is 0.219. The van der Waals surface area contributed by atoms with Crippen LogP contribution in [0.5, 0.6) is 0 Å². The maximum Gasteiger partial charge on any atom is 0.321 e. The third-order valence-electron chi connectivity index (χ3n) is 2.22. The van der Waals surface area contributed by atoms with E-state index in [1.54, 1.807) is 0 Å². The molecule has 0 amide bonds. The molecule has 1 aromatic rings. The molecular formula is C11H13NO4RfS. The van der Waals surface area contributed by atoms with Gasteiger partial charge in [0, 0.05) is 0 Å². The number of carboxylic acid groups (broad SMARTS) is 1. The molecule has 0 aliphatic heterocycles. The minimum absolute atomic E-state index is 0. The molecular weight excluding hydrogens is 509 g/mol. The molecule has 5 nitrogen and oxygen atoms in total. The standard InChI is InChI=1S/C11H13NO4S.Rf/c1-8-2-4-9(5-3-8)6-10(11(13)14)12-7-17(15)16;/h2-5,7,10,12H,6H2,1H3,(H,13,14);. The van der Waals surface area contributed by atoms with Gasteiger partial charge in [-0.05, 0) is 18.9 Å². The van der Waals surface area contributed by atoms with Gasteiger partial charge in [0.05, 0.1) is 0 Å². The molecule has 94 valence electrons. The molecule has 1 unspecified atom stereocenters. The first kappa shape index (κ1) is 15.3. The zero-order valence-corrected chi connectivity index (χ0v) is 17.2. The molecule has 0 aliphatic carbocycles. The van der Waals surface area contributed by atoms with Gasteiger partial charge in [-0.15, -0.1) is 0 Å². The summed E-state index contributed by atoms with van der Waals surface area (Å²) in [5, 5.41) is 11.3. The van der Waals surface area contributed by atoms with Crippen molar-refractivity contribution in [1.82, 2.24) is 5.32 Å². The van der Waals surface area contributed by atoms with Crippen molar-refractivity contribution in [1.29, 1.82) is 0 Å². The second-order valence-electron chi connectivity index (χ2n) is 3.63. The van der Waals surface area contributed by atoms with Gasteiger partial charge in [-0.3, -0.25) is 10.1 Å². The van der Waals surface area contributed by atoms with E-state index in [9.17, 15) is 13.2 Å². The smallest absolute Gasteiger partial charge is 0.321 e. The summed E-state index contributed by atoms with van der Waals surface area (Å²) < 4.78 is 20.6. The average Bonchev–Trinajstić information content (AvgIpc) is 2.26. The van der Waals surface area contributed by atoms with Crippen molar-refractivity contribution < 1.29 is 18.3 Å². The zero-order valence-electron chi connectivity index (χ0n) is 9.96. The minimum atomic E-state index is -2.41. The van der Waals surface area contributed by atoms with Crippen molar-refractivity contribution in [2.24, 2.45) is 0 Å². The fourth-order valence-corrected chi connectivity index (χ4v) is 1.59. The number of carbonyl (C=O) groups is 1. The summed E-state index contributed by atoms with van der Waals surface area (Å²) >= 11 is 0. The van der Waals surface area contributed by atoms with Gasteiger partial charge in [-0.1, -0.05) is 29.8 Å². The first-order valence-corrected chi connectivity index (χ1v) is 6.08. The molecule has 0 saturated carbocycles. The second kappa shape index (κ2) is 6.82. The Morgan fingerprint density at radius 3 is 2.39 bits per heavy atom. The molecule has 0 aliphatic rings. The second-order valence-corrected chi connectivity index (χ2v) is 4.38. The Balaban J connectivity index is 0.00000289. The van der Waals surface area contributed by atoms with Crippen LogP contribution in [0, 0.1) is 6.92 Å². The van der Waals surface area contributed by atoms with Crippen molar-refractivity contribution in [3.63, 3.8) is 0 Å². The van der Waals surface area contributed by atoms with Gasteiger partial charge < -0.3 is 5.11 Å². The summed E-state index contributed by atoms with van der Waals surface area (Å²) in [4.78, 5) is 10.9. The van der Waals surface area contributed by atoms with Crippen molar-refractivity contribution in [3.8, 4) is 0 Å². The van der Waals surface area contributed by atoms with Crippen LogP contribution in [0.1, 0.15) is 11.1 Å². The van der Waals surface area contributed by atoms with Gasteiger partial charge in [-0.25, -0.2) is 0 Å². The van der Waals surface area contributed by atoms with E-state index >= 15 is 0 Å². The number of hydrogen-bond acceptors (Lipinski definition) is 3. The molecule has 0 spiro atoms. The monoisotopic (exact) mass is 522 g/mol. The number of nitrogens with one attached hydrogen (secondary N) is 1. The zero-order chi connectivity index (χ0) is 12.8. The fraction of sp³-hybridized carbons (Fsp3) is 0.273. The quantitative estimate of drug-likeness (QED) is 0.541. The van der Waals surface area contributed by atoms with Crippen LogP contribution in [0.15, 0.2) is 24.3 Å². The molecule has 0 aromatic heterocycles. The van der Waals surface area contributed by atoms with Crippen LogP contribution >= 0.6 is 0 Å². The van der Waals surface area contributed by atoms with Crippen LogP contribution < -0.4 is 5.32 Å². The number of aryl methyl sites for hydroxylation is 1. The van der Waals surface area contributed by atoms with Gasteiger partial charge >= 0.3 is 5.97 Å². The summed E-state index contributed by atoms with van der Waals surface area (Å²) in [6, 6.07) is 6.45. The van der Waals surface area contributed by atoms with E-state index in [1.807, 2.05) is 31.2 Å².